The largest absolute Gasteiger partial charge is 0.396 e. The predicted octanol–water partition coefficient (Wildman–Crippen LogP) is 1.51. The zero-order valence-corrected chi connectivity index (χ0v) is 10.3. The summed E-state index contributed by atoms with van der Waals surface area (Å²) < 4.78 is 23.4. The Hall–Kier alpha value is -1.33. The molecule has 5 heteroatoms. The molecule has 0 fully saturated rings. The van der Waals surface area contributed by atoms with Crippen LogP contribution in [0.15, 0.2) is 18.2 Å². The standard InChI is InChI=1S/C12H19FN2O2/c1-16-7-5-15(6-8-17-2)10-3-4-12(14)11(13)9-10/h3-4,9H,5-8,14H2,1-2H3. The van der Waals surface area contributed by atoms with Crippen molar-refractivity contribution >= 4 is 11.4 Å². The van der Waals surface area contributed by atoms with E-state index in [9.17, 15) is 4.39 Å². The first kappa shape index (κ1) is 13.7. The highest BCUT2D eigenvalue weighted by molar-refractivity contribution is 5.54. The smallest absolute Gasteiger partial charge is 0.148 e. The van der Waals surface area contributed by atoms with E-state index in [1.165, 1.54) is 6.07 Å². The minimum atomic E-state index is -0.401. The summed E-state index contributed by atoms with van der Waals surface area (Å²) in [6, 6.07) is 4.79. The zero-order valence-electron chi connectivity index (χ0n) is 10.3. The van der Waals surface area contributed by atoms with Gasteiger partial charge in [-0.25, -0.2) is 4.39 Å². The molecule has 0 heterocycles. The van der Waals surface area contributed by atoms with Crippen LogP contribution in [0.3, 0.4) is 0 Å². The van der Waals surface area contributed by atoms with Crippen LogP contribution in [-0.2, 0) is 9.47 Å². The van der Waals surface area contributed by atoms with E-state index in [2.05, 4.69) is 0 Å². The lowest BCUT2D eigenvalue weighted by atomic mass is 10.2. The van der Waals surface area contributed by atoms with E-state index < -0.39 is 5.82 Å². The van der Waals surface area contributed by atoms with Crippen molar-refractivity contribution in [3.8, 4) is 0 Å². The van der Waals surface area contributed by atoms with Gasteiger partial charge in [-0.2, -0.15) is 0 Å². The van der Waals surface area contributed by atoms with Crippen molar-refractivity contribution in [3.63, 3.8) is 0 Å². The Bertz CT molecular complexity index is 339. The van der Waals surface area contributed by atoms with Crippen molar-refractivity contribution in [1.29, 1.82) is 0 Å². The normalized spacial score (nSPS) is 10.5. The molecule has 96 valence electrons. The molecule has 0 spiro atoms. The van der Waals surface area contributed by atoms with E-state index in [1.54, 1.807) is 26.4 Å². The van der Waals surface area contributed by atoms with E-state index in [1.807, 2.05) is 4.90 Å². The second kappa shape index (κ2) is 7.09. The third kappa shape index (κ3) is 4.20. The maximum Gasteiger partial charge on any atom is 0.148 e. The Labute approximate surface area is 101 Å². The van der Waals surface area contributed by atoms with Gasteiger partial charge < -0.3 is 20.1 Å². The summed E-state index contributed by atoms with van der Waals surface area (Å²) in [6.07, 6.45) is 0. The number of nitrogens with zero attached hydrogens (tertiary/aromatic N) is 1. The summed E-state index contributed by atoms with van der Waals surface area (Å²) in [5.41, 5.74) is 6.39. The SMILES string of the molecule is COCCN(CCOC)c1ccc(N)c(F)c1. The lowest BCUT2D eigenvalue weighted by Crippen LogP contribution is -2.30. The van der Waals surface area contributed by atoms with Crippen LogP contribution in [0.2, 0.25) is 0 Å². The summed E-state index contributed by atoms with van der Waals surface area (Å²) in [6.45, 7) is 2.53. The molecule has 0 saturated carbocycles. The Morgan fingerprint density at radius 3 is 2.24 bits per heavy atom. The number of anilines is 2. The minimum absolute atomic E-state index is 0.159. The Kier molecular flexibility index (Phi) is 5.72. The number of methoxy groups -OCH3 is 2. The predicted molar refractivity (Wildman–Crippen MR) is 66.8 cm³/mol. The van der Waals surface area contributed by atoms with E-state index in [0.29, 0.717) is 26.3 Å². The third-order valence-electron chi connectivity index (χ3n) is 2.48. The van der Waals surface area contributed by atoms with Crippen LogP contribution in [0, 0.1) is 5.82 Å². The second-order valence-electron chi connectivity index (χ2n) is 3.68. The van der Waals surface area contributed by atoms with Gasteiger partial charge in [-0.05, 0) is 18.2 Å². The van der Waals surface area contributed by atoms with Crippen LogP contribution in [0.25, 0.3) is 0 Å². The molecule has 4 nitrogen and oxygen atoms in total. The van der Waals surface area contributed by atoms with Gasteiger partial charge in [0.1, 0.15) is 5.82 Å². The van der Waals surface area contributed by atoms with Gasteiger partial charge >= 0.3 is 0 Å². The summed E-state index contributed by atoms with van der Waals surface area (Å²) in [7, 11) is 3.27. The molecule has 0 unspecified atom stereocenters. The maximum absolute atomic E-state index is 13.4. The van der Waals surface area contributed by atoms with Gasteiger partial charge in [-0.1, -0.05) is 0 Å². The molecule has 0 radical (unpaired) electrons. The average Bonchev–Trinajstić information content (AvgIpc) is 2.33. The van der Waals surface area contributed by atoms with Crippen molar-refractivity contribution < 1.29 is 13.9 Å². The fraction of sp³-hybridized carbons (Fsp3) is 0.500. The number of nitrogen functional groups attached to an aromatic ring is 1. The number of halogens is 1. The van der Waals surface area contributed by atoms with E-state index >= 15 is 0 Å². The highest BCUT2D eigenvalue weighted by Crippen LogP contribution is 2.19. The van der Waals surface area contributed by atoms with Crippen LogP contribution in [0.5, 0.6) is 0 Å². The molecule has 0 aliphatic rings. The van der Waals surface area contributed by atoms with Gasteiger partial charge in [0.2, 0.25) is 0 Å². The number of hydrogen-bond donors (Lipinski definition) is 1. The number of nitrogens with two attached hydrogens (primary N) is 1. The third-order valence-corrected chi connectivity index (χ3v) is 2.48. The molecule has 0 aliphatic carbocycles. The van der Waals surface area contributed by atoms with Gasteiger partial charge in [0.15, 0.2) is 0 Å². The fourth-order valence-electron chi connectivity index (χ4n) is 1.49. The lowest BCUT2D eigenvalue weighted by Gasteiger charge is -2.24. The van der Waals surface area contributed by atoms with Gasteiger partial charge in [0.25, 0.3) is 0 Å². The summed E-state index contributed by atoms with van der Waals surface area (Å²) in [4.78, 5) is 2.00. The molecule has 0 bridgehead atoms. The molecule has 1 rings (SSSR count). The highest BCUT2D eigenvalue weighted by Gasteiger charge is 2.08. The molecule has 0 aromatic heterocycles. The summed E-state index contributed by atoms with van der Waals surface area (Å²) in [5.74, 6) is -0.401. The van der Waals surface area contributed by atoms with Crippen molar-refractivity contribution in [2.45, 2.75) is 0 Å². The number of hydrogen-bond acceptors (Lipinski definition) is 4. The molecule has 17 heavy (non-hydrogen) atoms. The van der Waals surface area contributed by atoms with Gasteiger partial charge in [-0.15, -0.1) is 0 Å². The molecule has 0 atom stereocenters. The average molecular weight is 242 g/mol. The van der Waals surface area contributed by atoms with Gasteiger partial charge in [-0.3, -0.25) is 0 Å². The summed E-state index contributed by atoms with van der Waals surface area (Å²) in [5, 5.41) is 0. The van der Waals surface area contributed by atoms with Gasteiger partial charge in [0.05, 0.1) is 18.9 Å². The Morgan fingerprint density at radius 2 is 1.76 bits per heavy atom. The first-order valence-corrected chi connectivity index (χ1v) is 5.47. The van der Waals surface area contributed by atoms with E-state index in [0.717, 1.165) is 5.69 Å². The maximum atomic E-state index is 13.4. The first-order chi connectivity index (χ1) is 8.19. The lowest BCUT2D eigenvalue weighted by molar-refractivity contribution is 0.190. The quantitative estimate of drug-likeness (QED) is 0.736. The fourth-order valence-corrected chi connectivity index (χ4v) is 1.49. The molecule has 0 amide bonds. The highest BCUT2D eigenvalue weighted by atomic mass is 19.1. The second-order valence-corrected chi connectivity index (χ2v) is 3.68. The Balaban J connectivity index is 2.75. The molecule has 2 N–H and O–H groups in total. The number of rotatable bonds is 7. The molecule has 1 aromatic rings. The summed E-state index contributed by atoms with van der Waals surface area (Å²) >= 11 is 0. The number of ether oxygens (including phenoxy) is 2. The molecule has 0 aliphatic heterocycles. The van der Waals surface area contributed by atoms with Crippen molar-refractivity contribution in [2.24, 2.45) is 0 Å². The molecular formula is C12H19FN2O2. The van der Waals surface area contributed by atoms with Crippen molar-refractivity contribution in [2.75, 3.05) is 51.2 Å². The Morgan fingerprint density at radius 1 is 1.18 bits per heavy atom. The van der Waals surface area contributed by atoms with Crippen LogP contribution in [-0.4, -0.2) is 40.5 Å². The number of benzene rings is 1. The topological polar surface area (TPSA) is 47.7 Å². The monoisotopic (exact) mass is 242 g/mol. The van der Waals surface area contributed by atoms with Crippen molar-refractivity contribution in [3.05, 3.63) is 24.0 Å². The first-order valence-electron chi connectivity index (χ1n) is 5.47. The molecule has 1 aromatic carbocycles. The zero-order chi connectivity index (χ0) is 12.7. The van der Waals surface area contributed by atoms with Crippen LogP contribution in [0.1, 0.15) is 0 Å². The van der Waals surface area contributed by atoms with Crippen LogP contribution in [0.4, 0.5) is 15.8 Å². The molecule has 0 saturated heterocycles. The van der Waals surface area contributed by atoms with Gasteiger partial charge in [0, 0.05) is 33.0 Å². The molecular weight excluding hydrogens is 223 g/mol. The van der Waals surface area contributed by atoms with E-state index in [-0.39, 0.29) is 5.69 Å². The van der Waals surface area contributed by atoms with Crippen molar-refractivity contribution in [1.82, 2.24) is 0 Å². The van der Waals surface area contributed by atoms with Crippen LogP contribution < -0.4 is 10.6 Å². The minimum Gasteiger partial charge on any atom is -0.396 e. The van der Waals surface area contributed by atoms with E-state index in [4.69, 9.17) is 15.2 Å². The van der Waals surface area contributed by atoms with Crippen LogP contribution >= 0.6 is 0 Å².